The Balaban J connectivity index is 2.24. The number of benzene rings is 2. The van der Waals surface area contributed by atoms with Crippen molar-refractivity contribution >= 4 is 29.4 Å². The van der Waals surface area contributed by atoms with Crippen molar-refractivity contribution in [1.29, 1.82) is 0 Å². The number of carboxylic acid groups (broad SMARTS) is 1. The van der Waals surface area contributed by atoms with Gasteiger partial charge in [0.2, 0.25) is 0 Å². The van der Waals surface area contributed by atoms with Crippen LogP contribution in [0.15, 0.2) is 54.6 Å². The number of rotatable bonds is 4. The molecule has 3 nitrogen and oxygen atoms in total. The fourth-order valence-corrected chi connectivity index (χ4v) is 1.85. The third-order valence-electron chi connectivity index (χ3n) is 2.72. The predicted molar refractivity (Wildman–Crippen MR) is 78.2 cm³/mol. The molecule has 2 aromatic carbocycles. The molecule has 0 aliphatic carbocycles. The Morgan fingerprint density at radius 1 is 0.950 bits per heavy atom. The van der Waals surface area contributed by atoms with Gasteiger partial charge in [-0.3, -0.25) is 4.79 Å². The van der Waals surface area contributed by atoms with Crippen LogP contribution in [0, 0.1) is 0 Å². The Hall–Kier alpha value is -2.39. The molecular formula is C16H11ClO3. The minimum Gasteiger partial charge on any atom is -0.478 e. The highest BCUT2D eigenvalue weighted by Gasteiger charge is 2.13. The lowest BCUT2D eigenvalue weighted by molar-refractivity contribution is 0.0693. The molecule has 20 heavy (non-hydrogen) atoms. The molecule has 0 spiro atoms. The van der Waals surface area contributed by atoms with Gasteiger partial charge in [0.1, 0.15) is 0 Å². The van der Waals surface area contributed by atoms with E-state index in [-0.39, 0.29) is 16.9 Å². The molecule has 0 unspecified atom stereocenters. The largest absolute Gasteiger partial charge is 0.478 e. The quantitative estimate of drug-likeness (QED) is 0.684. The maximum Gasteiger partial charge on any atom is 0.336 e. The van der Waals surface area contributed by atoms with Crippen LogP contribution in [0.2, 0.25) is 5.02 Å². The number of carboxylic acids is 1. The lowest BCUT2D eigenvalue weighted by Gasteiger charge is -2.01. The standard InChI is InChI=1S/C16H11ClO3/c17-12-8-5-11(6-9-12)7-10-15(18)13-3-1-2-4-14(13)16(19)20/h1-10H,(H,19,20)/b10-7+. The van der Waals surface area contributed by atoms with E-state index >= 15 is 0 Å². The number of hydrogen-bond donors (Lipinski definition) is 1. The number of carbonyl (C=O) groups excluding carboxylic acids is 1. The van der Waals surface area contributed by atoms with Gasteiger partial charge in [0.25, 0.3) is 0 Å². The number of halogens is 1. The van der Waals surface area contributed by atoms with E-state index in [1.54, 1.807) is 42.5 Å². The maximum atomic E-state index is 12.0. The summed E-state index contributed by atoms with van der Waals surface area (Å²) in [5.41, 5.74) is 0.985. The second-order valence-electron chi connectivity index (χ2n) is 4.10. The van der Waals surface area contributed by atoms with Gasteiger partial charge in [0.15, 0.2) is 5.78 Å². The number of allylic oxidation sites excluding steroid dienone is 1. The zero-order chi connectivity index (χ0) is 14.5. The van der Waals surface area contributed by atoms with E-state index in [4.69, 9.17) is 16.7 Å². The summed E-state index contributed by atoms with van der Waals surface area (Å²) in [4.78, 5) is 23.1. The monoisotopic (exact) mass is 286 g/mol. The minimum absolute atomic E-state index is 0.00161. The highest BCUT2D eigenvalue weighted by atomic mass is 35.5. The number of carbonyl (C=O) groups is 2. The van der Waals surface area contributed by atoms with Gasteiger partial charge in [0.05, 0.1) is 5.56 Å². The Labute approximate surface area is 121 Å². The van der Waals surface area contributed by atoms with E-state index in [0.717, 1.165) is 5.56 Å². The van der Waals surface area contributed by atoms with Crippen LogP contribution in [0.25, 0.3) is 6.08 Å². The third-order valence-corrected chi connectivity index (χ3v) is 2.97. The molecule has 2 aromatic rings. The molecular weight excluding hydrogens is 276 g/mol. The maximum absolute atomic E-state index is 12.0. The van der Waals surface area contributed by atoms with Gasteiger partial charge in [0, 0.05) is 10.6 Å². The van der Waals surface area contributed by atoms with E-state index in [1.807, 2.05) is 0 Å². The Morgan fingerprint density at radius 2 is 1.55 bits per heavy atom. The second kappa shape index (κ2) is 6.17. The molecule has 0 bridgehead atoms. The van der Waals surface area contributed by atoms with Gasteiger partial charge >= 0.3 is 5.97 Å². The molecule has 0 heterocycles. The molecule has 0 radical (unpaired) electrons. The van der Waals surface area contributed by atoms with Crippen LogP contribution in [0.3, 0.4) is 0 Å². The van der Waals surface area contributed by atoms with Crippen molar-refractivity contribution in [2.75, 3.05) is 0 Å². The smallest absolute Gasteiger partial charge is 0.336 e. The van der Waals surface area contributed by atoms with Crippen molar-refractivity contribution in [3.05, 3.63) is 76.3 Å². The lowest BCUT2D eigenvalue weighted by Crippen LogP contribution is -2.06. The zero-order valence-electron chi connectivity index (χ0n) is 10.4. The third kappa shape index (κ3) is 3.33. The summed E-state index contributed by atoms with van der Waals surface area (Å²) >= 11 is 5.77. The molecule has 2 rings (SSSR count). The number of hydrogen-bond acceptors (Lipinski definition) is 2. The summed E-state index contributed by atoms with van der Waals surface area (Å²) in [6, 6.07) is 13.1. The van der Waals surface area contributed by atoms with Gasteiger partial charge in [-0.25, -0.2) is 4.79 Å². The van der Waals surface area contributed by atoms with Gasteiger partial charge in [-0.2, -0.15) is 0 Å². The number of aromatic carboxylic acids is 1. The van der Waals surface area contributed by atoms with Crippen LogP contribution in [0.1, 0.15) is 26.3 Å². The molecule has 1 N–H and O–H groups in total. The molecule has 0 saturated heterocycles. The highest BCUT2D eigenvalue weighted by Crippen LogP contribution is 2.13. The Kier molecular flexibility index (Phi) is 4.33. The normalized spacial score (nSPS) is 10.7. The van der Waals surface area contributed by atoms with Crippen molar-refractivity contribution in [2.24, 2.45) is 0 Å². The minimum atomic E-state index is -1.12. The topological polar surface area (TPSA) is 54.4 Å². The van der Waals surface area contributed by atoms with Crippen LogP contribution in [0.4, 0.5) is 0 Å². The van der Waals surface area contributed by atoms with E-state index in [1.165, 1.54) is 18.2 Å². The van der Waals surface area contributed by atoms with Gasteiger partial charge in [-0.15, -0.1) is 0 Å². The average molecular weight is 287 g/mol. The predicted octanol–water partition coefficient (Wildman–Crippen LogP) is 3.93. The summed E-state index contributed by atoms with van der Waals surface area (Å²) in [7, 11) is 0. The van der Waals surface area contributed by atoms with E-state index in [9.17, 15) is 9.59 Å². The molecule has 0 aromatic heterocycles. The molecule has 100 valence electrons. The summed E-state index contributed by atoms with van der Waals surface area (Å²) in [6.07, 6.45) is 2.97. The summed E-state index contributed by atoms with van der Waals surface area (Å²) in [5.74, 6) is -1.47. The van der Waals surface area contributed by atoms with E-state index in [0.29, 0.717) is 5.02 Å². The van der Waals surface area contributed by atoms with Gasteiger partial charge in [-0.05, 0) is 29.8 Å². The SMILES string of the molecule is O=C(O)c1ccccc1C(=O)/C=C/c1ccc(Cl)cc1. The molecule has 4 heteroatoms. The van der Waals surface area contributed by atoms with Crippen LogP contribution in [-0.4, -0.2) is 16.9 Å². The average Bonchev–Trinajstić information content (AvgIpc) is 2.46. The molecule has 0 fully saturated rings. The summed E-state index contributed by atoms with van der Waals surface area (Å²) < 4.78 is 0. The first-order valence-electron chi connectivity index (χ1n) is 5.88. The van der Waals surface area contributed by atoms with Crippen LogP contribution < -0.4 is 0 Å². The first kappa shape index (κ1) is 14.0. The van der Waals surface area contributed by atoms with Crippen LogP contribution >= 0.6 is 11.6 Å². The lowest BCUT2D eigenvalue weighted by atomic mass is 10.0. The number of ketones is 1. The Bertz CT molecular complexity index is 672. The van der Waals surface area contributed by atoms with Crippen LogP contribution in [0.5, 0.6) is 0 Å². The summed E-state index contributed by atoms with van der Waals surface area (Å²) in [6.45, 7) is 0. The van der Waals surface area contributed by atoms with Crippen LogP contribution in [-0.2, 0) is 0 Å². The van der Waals surface area contributed by atoms with E-state index in [2.05, 4.69) is 0 Å². The highest BCUT2D eigenvalue weighted by molar-refractivity contribution is 6.30. The van der Waals surface area contributed by atoms with E-state index < -0.39 is 5.97 Å². The first-order valence-corrected chi connectivity index (χ1v) is 6.26. The fourth-order valence-electron chi connectivity index (χ4n) is 1.72. The van der Waals surface area contributed by atoms with Crippen molar-refractivity contribution in [3.63, 3.8) is 0 Å². The van der Waals surface area contributed by atoms with Crippen molar-refractivity contribution in [1.82, 2.24) is 0 Å². The van der Waals surface area contributed by atoms with Gasteiger partial charge in [-0.1, -0.05) is 48.0 Å². The zero-order valence-corrected chi connectivity index (χ0v) is 11.2. The summed E-state index contributed by atoms with van der Waals surface area (Å²) in [5, 5.41) is 9.65. The molecule has 0 aliphatic rings. The second-order valence-corrected chi connectivity index (χ2v) is 4.54. The van der Waals surface area contributed by atoms with Crippen molar-refractivity contribution in [2.45, 2.75) is 0 Å². The molecule has 0 aliphatic heterocycles. The van der Waals surface area contributed by atoms with Crippen molar-refractivity contribution in [3.8, 4) is 0 Å². The van der Waals surface area contributed by atoms with Crippen molar-refractivity contribution < 1.29 is 14.7 Å². The van der Waals surface area contributed by atoms with Gasteiger partial charge < -0.3 is 5.11 Å². The molecule has 0 saturated carbocycles. The molecule has 0 amide bonds. The molecule has 0 atom stereocenters. The first-order chi connectivity index (χ1) is 9.58. The Morgan fingerprint density at radius 3 is 2.15 bits per heavy atom. The fraction of sp³-hybridized carbons (Fsp3) is 0.